The van der Waals surface area contributed by atoms with Crippen molar-refractivity contribution >= 4 is 21.6 Å². The number of hydrogen-bond acceptors (Lipinski definition) is 2. The Morgan fingerprint density at radius 1 is 1.29 bits per heavy atom. The van der Waals surface area contributed by atoms with Gasteiger partial charge in [0.2, 0.25) is 0 Å². The van der Waals surface area contributed by atoms with Gasteiger partial charge in [0.15, 0.2) is 0 Å². The van der Waals surface area contributed by atoms with Crippen molar-refractivity contribution in [2.45, 2.75) is 26.8 Å². The Hall–Kier alpha value is -0.570. The van der Waals surface area contributed by atoms with E-state index >= 15 is 0 Å². The first kappa shape index (κ1) is 11.5. The van der Waals surface area contributed by atoms with Crippen LogP contribution in [0.1, 0.15) is 20.8 Å². The van der Waals surface area contributed by atoms with Gasteiger partial charge in [0.25, 0.3) is 0 Å². The van der Waals surface area contributed by atoms with Gasteiger partial charge in [0, 0.05) is 23.8 Å². The van der Waals surface area contributed by atoms with Crippen LogP contribution in [0, 0.1) is 5.92 Å². The van der Waals surface area contributed by atoms with Crippen LogP contribution in [0.25, 0.3) is 0 Å². The summed E-state index contributed by atoms with van der Waals surface area (Å²) in [6.45, 7) is 6.69. The highest BCUT2D eigenvalue weighted by Crippen LogP contribution is 2.21. The summed E-state index contributed by atoms with van der Waals surface area (Å²) in [4.78, 5) is 6.41. The Labute approximate surface area is 94.5 Å². The Kier molecular flexibility index (Phi) is 3.93. The molecule has 1 aromatic rings. The number of hydrogen-bond donors (Lipinski definition) is 0. The summed E-state index contributed by atoms with van der Waals surface area (Å²) in [5, 5.41) is 0. The highest BCUT2D eigenvalue weighted by Gasteiger charge is 2.13. The van der Waals surface area contributed by atoms with E-state index in [1.807, 2.05) is 6.20 Å². The highest BCUT2D eigenvalue weighted by atomic mass is 79.9. The number of rotatable bonds is 3. The van der Waals surface area contributed by atoms with Gasteiger partial charge in [-0.2, -0.15) is 0 Å². The van der Waals surface area contributed by atoms with Gasteiger partial charge in [0.1, 0.15) is 0 Å². The second-order valence-corrected chi connectivity index (χ2v) is 4.87. The molecular formula is C11H17BrN2. The first-order chi connectivity index (χ1) is 6.52. The molecule has 0 aliphatic rings. The van der Waals surface area contributed by atoms with E-state index in [9.17, 15) is 0 Å². The summed E-state index contributed by atoms with van der Waals surface area (Å²) >= 11 is 3.43. The van der Waals surface area contributed by atoms with Crippen LogP contribution in [0.2, 0.25) is 0 Å². The number of halogens is 1. The van der Waals surface area contributed by atoms with Crippen LogP contribution < -0.4 is 4.90 Å². The second kappa shape index (κ2) is 4.78. The highest BCUT2D eigenvalue weighted by molar-refractivity contribution is 9.10. The molecule has 0 radical (unpaired) electrons. The number of anilines is 1. The summed E-state index contributed by atoms with van der Waals surface area (Å²) in [6.07, 6.45) is 3.70. The van der Waals surface area contributed by atoms with E-state index in [0.29, 0.717) is 12.0 Å². The van der Waals surface area contributed by atoms with E-state index in [1.54, 1.807) is 6.20 Å². The lowest BCUT2D eigenvalue weighted by Gasteiger charge is -2.29. The van der Waals surface area contributed by atoms with Crippen molar-refractivity contribution in [2.24, 2.45) is 5.92 Å². The van der Waals surface area contributed by atoms with E-state index < -0.39 is 0 Å². The lowest BCUT2D eigenvalue weighted by atomic mass is 10.1. The molecule has 0 spiro atoms. The monoisotopic (exact) mass is 256 g/mol. The number of nitrogens with zero attached hydrogens (tertiary/aromatic N) is 2. The third-order valence-electron chi connectivity index (χ3n) is 2.67. The van der Waals surface area contributed by atoms with Crippen LogP contribution in [0.5, 0.6) is 0 Å². The Balaban J connectivity index is 2.83. The first-order valence-electron chi connectivity index (χ1n) is 4.85. The molecule has 0 aromatic carbocycles. The Morgan fingerprint density at radius 3 is 2.43 bits per heavy atom. The van der Waals surface area contributed by atoms with Gasteiger partial charge in [0.05, 0.1) is 11.9 Å². The maximum absolute atomic E-state index is 4.16. The van der Waals surface area contributed by atoms with Gasteiger partial charge in [-0.3, -0.25) is 4.98 Å². The lowest BCUT2D eigenvalue weighted by Crippen LogP contribution is -2.33. The van der Waals surface area contributed by atoms with Gasteiger partial charge in [-0.1, -0.05) is 13.8 Å². The van der Waals surface area contributed by atoms with Crippen LogP contribution in [-0.4, -0.2) is 18.1 Å². The molecule has 2 nitrogen and oxygen atoms in total. The van der Waals surface area contributed by atoms with E-state index in [-0.39, 0.29) is 0 Å². The van der Waals surface area contributed by atoms with Crippen LogP contribution in [0.4, 0.5) is 5.69 Å². The van der Waals surface area contributed by atoms with Gasteiger partial charge in [-0.25, -0.2) is 0 Å². The molecule has 0 saturated carbocycles. The van der Waals surface area contributed by atoms with Crippen molar-refractivity contribution in [3.63, 3.8) is 0 Å². The third kappa shape index (κ3) is 2.71. The van der Waals surface area contributed by atoms with Crippen molar-refractivity contribution in [3.05, 3.63) is 22.9 Å². The fraction of sp³-hybridized carbons (Fsp3) is 0.545. The minimum absolute atomic E-state index is 0.520. The molecule has 0 bridgehead atoms. The Morgan fingerprint density at radius 2 is 1.93 bits per heavy atom. The maximum Gasteiger partial charge on any atom is 0.0563 e. The molecule has 1 heterocycles. The zero-order valence-corrected chi connectivity index (χ0v) is 10.7. The van der Waals surface area contributed by atoms with E-state index in [1.165, 1.54) is 0 Å². The normalized spacial score (nSPS) is 13.0. The van der Waals surface area contributed by atoms with Crippen molar-refractivity contribution in [2.75, 3.05) is 11.9 Å². The number of aromatic nitrogens is 1. The number of pyridine rings is 1. The van der Waals surface area contributed by atoms with Crippen molar-refractivity contribution < 1.29 is 0 Å². The molecule has 0 aliphatic carbocycles. The molecule has 1 rings (SSSR count). The third-order valence-corrected chi connectivity index (χ3v) is 3.11. The molecule has 0 saturated heterocycles. The molecule has 1 atom stereocenters. The molecule has 3 heteroatoms. The summed E-state index contributed by atoms with van der Waals surface area (Å²) < 4.78 is 1.03. The van der Waals surface area contributed by atoms with Crippen LogP contribution >= 0.6 is 15.9 Å². The van der Waals surface area contributed by atoms with Gasteiger partial charge < -0.3 is 4.90 Å². The SMILES string of the molecule is CC(C)C(C)N(C)c1cncc(Br)c1. The fourth-order valence-electron chi connectivity index (χ4n) is 1.28. The van der Waals surface area contributed by atoms with E-state index in [0.717, 1.165) is 10.2 Å². The fourth-order valence-corrected chi connectivity index (χ4v) is 1.63. The summed E-state index contributed by atoms with van der Waals surface area (Å²) in [6, 6.07) is 2.61. The molecule has 0 N–H and O–H groups in total. The topological polar surface area (TPSA) is 16.1 Å². The van der Waals surface area contributed by atoms with Crippen LogP contribution in [0.3, 0.4) is 0 Å². The summed E-state index contributed by atoms with van der Waals surface area (Å²) in [5.74, 6) is 0.638. The largest absolute Gasteiger partial charge is 0.370 e. The van der Waals surface area contributed by atoms with Gasteiger partial charge in [-0.05, 0) is 34.8 Å². The smallest absolute Gasteiger partial charge is 0.0563 e. The van der Waals surface area contributed by atoms with E-state index in [2.05, 4.69) is 59.7 Å². The quantitative estimate of drug-likeness (QED) is 0.825. The lowest BCUT2D eigenvalue weighted by molar-refractivity contribution is 0.505. The molecule has 14 heavy (non-hydrogen) atoms. The molecule has 0 fully saturated rings. The average Bonchev–Trinajstić information content (AvgIpc) is 2.15. The second-order valence-electron chi connectivity index (χ2n) is 3.96. The molecule has 0 amide bonds. The minimum atomic E-state index is 0.520. The molecule has 1 unspecified atom stereocenters. The standard InChI is InChI=1S/C11H17BrN2/c1-8(2)9(3)14(4)11-5-10(12)6-13-7-11/h5-9H,1-4H3. The van der Waals surface area contributed by atoms with E-state index in [4.69, 9.17) is 0 Å². The molecular weight excluding hydrogens is 240 g/mol. The van der Waals surface area contributed by atoms with Crippen LogP contribution in [-0.2, 0) is 0 Å². The van der Waals surface area contributed by atoms with Crippen molar-refractivity contribution in [1.82, 2.24) is 4.98 Å². The molecule has 0 aliphatic heterocycles. The van der Waals surface area contributed by atoms with Crippen molar-refractivity contribution in [1.29, 1.82) is 0 Å². The molecule has 1 aromatic heterocycles. The zero-order chi connectivity index (χ0) is 10.7. The Bertz CT molecular complexity index is 299. The van der Waals surface area contributed by atoms with Crippen LogP contribution in [0.15, 0.2) is 22.9 Å². The van der Waals surface area contributed by atoms with Gasteiger partial charge in [-0.15, -0.1) is 0 Å². The van der Waals surface area contributed by atoms with Gasteiger partial charge >= 0.3 is 0 Å². The minimum Gasteiger partial charge on any atom is -0.370 e. The predicted octanol–water partition coefficient (Wildman–Crippen LogP) is 3.32. The zero-order valence-electron chi connectivity index (χ0n) is 9.16. The predicted molar refractivity (Wildman–Crippen MR) is 64.6 cm³/mol. The summed E-state index contributed by atoms with van der Waals surface area (Å²) in [7, 11) is 2.11. The average molecular weight is 257 g/mol. The van der Waals surface area contributed by atoms with Crippen molar-refractivity contribution in [3.8, 4) is 0 Å². The first-order valence-corrected chi connectivity index (χ1v) is 5.65. The maximum atomic E-state index is 4.16. The molecule has 78 valence electrons. The summed E-state index contributed by atoms with van der Waals surface area (Å²) in [5.41, 5.74) is 1.15.